The Morgan fingerprint density at radius 3 is 1.97 bits per heavy atom. The second-order valence-corrected chi connectivity index (χ2v) is 9.76. The van der Waals surface area contributed by atoms with Crippen molar-refractivity contribution < 1.29 is 9.53 Å². The van der Waals surface area contributed by atoms with Gasteiger partial charge in [0, 0.05) is 24.5 Å². The van der Waals surface area contributed by atoms with Gasteiger partial charge in [0.15, 0.2) is 0 Å². The first kappa shape index (κ1) is 24.6. The minimum Gasteiger partial charge on any atom is -0.497 e. The molecule has 184 valence electrons. The van der Waals surface area contributed by atoms with E-state index in [0.29, 0.717) is 18.8 Å². The van der Waals surface area contributed by atoms with Crippen LogP contribution in [0.15, 0.2) is 120 Å². The highest BCUT2D eigenvalue weighted by atomic mass is 32.2. The predicted octanol–water partition coefficient (Wildman–Crippen LogP) is 7.23. The molecular formula is C32H28N2O2S. The summed E-state index contributed by atoms with van der Waals surface area (Å²) in [6, 6.07) is 38.6. The number of carbonyl (C=O) groups is 1. The standard InChI is InChI=1S/C32H28N2O2S/c1-36-27-17-18-28-29(26-15-9-4-10-16-26)20-31(33-30(28)19-27)37-23-32(35)34(21-24-11-5-2-6-12-24)22-25-13-7-3-8-14-25/h2-20H,21-23H2,1H3. The monoisotopic (exact) mass is 504 g/mol. The van der Waals surface area contributed by atoms with Crippen LogP contribution in [0.25, 0.3) is 22.0 Å². The molecule has 0 atom stereocenters. The molecule has 5 aromatic rings. The minimum absolute atomic E-state index is 0.0755. The second-order valence-electron chi connectivity index (χ2n) is 8.77. The lowest BCUT2D eigenvalue weighted by molar-refractivity contribution is -0.129. The first-order valence-corrected chi connectivity index (χ1v) is 13.2. The average Bonchev–Trinajstić information content (AvgIpc) is 2.96. The summed E-state index contributed by atoms with van der Waals surface area (Å²) in [4.78, 5) is 20.3. The van der Waals surface area contributed by atoms with Gasteiger partial charge in [0.05, 0.1) is 23.4 Å². The number of pyridine rings is 1. The zero-order valence-corrected chi connectivity index (χ0v) is 21.5. The van der Waals surface area contributed by atoms with E-state index < -0.39 is 0 Å². The van der Waals surface area contributed by atoms with Crippen LogP contribution >= 0.6 is 11.8 Å². The summed E-state index contributed by atoms with van der Waals surface area (Å²) in [6.45, 7) is 1.12. The number of hydrogen-bond donors (Lipinski definition) is 0. The molecule has 1 amide bonds. The molecule has 0 bridgehead atoms. The Morgan fingerprint density at radius 1 is 0.784 bits per heavy atom. The molecule has 0 spiro atoms. The van der Waals surface area contributed by atoms with Gasteiger partial charge in [-0.2, -0.15) is 0 Å². The van der Waals surface area contributed by atoms with E-state index in [2.05, 4.69) is 42.5 Å². The molecule has 0 saturated heterocycles. The van der Waals surface area contributed by atoms with Crippen molar-refractivity contribution >= 4 is 28.6 Å². The third-order valence-corrected chi connectivity index (χ3v) is 7.10. The van der Waals surface area contributed by atoms with Gasteiger partial charge in [-0.1, -0.05) is 103 Å². The van der Waals surface area contributed by atoms with Gasteiger partial charge >= 0.3 is 0 Å². The molecule has 1 aromatic heterocycles. The zero-order valence-electron chi connectivity index (χ0n) is 20.7. The first-order valence-electron chi connectivity index (χ1n) is 12.2. The molecule has 0 aliphatic carbocycles. The Morgan fingerprint density at radius 2 is 1.38 bits per heavy atom. The van der Waals surface area contributed by atoms with Crippen molar-refractivity contribution in [2.75, 3.05) is 12.9 Å². The molecule has 5 heteroatoms. The smallest absolute Gasteiger partial charge is 0.233 e. The first-order chi connectivity index (χ1) is 18.2. The van der Waals surface area contributed by atoms with Crippen LogP contribution in [0, 0.1) is 0 Å². The maximum Gasteiger partial charge on any atom is 0.233 e. The van der Waals surface area contributed by atoms with Crippen LogP contribution in [0.2, 0.25) is 0 Å². The Hall–Kier alpha value is -4.09. The van der Waals surface area contributed by atoms with E-state index in [4.69, 9.17) is 9.72 Å². The minimum atomic E-state index is 0.0755. The zero-order chi connectivity index (χ0) is 25.5. The van der Waals surface area contributed by atoms with Gasteiger partial charge in [-0.05, 0) is 40.5 Å². The summed E-state index contributed by atoms with van der Waals surface area (Å²) in [7, 11) is 1.66. The van der Waals surface area contributed by atoms with E-state index in [0.717, 1.165) is 43.9 Å². The molecule has 0 fully saturated rings. The number of thioether (sulfide) groups is 1. The number of methoxy groups -OCH3 is 1. The van der Waals surface area contributed by atoms with Gasteiger partial charge in [0.2, 0.25) is 5.91 Å². The topological polar surface area (TPSA) is 42.4 Å². The molecular weight excluding hydrogens is 476 g/mol. The van der Waals surface area contributed by atoms with E-state index in [1.165, 1.54) is 11.8 Å². The maximum absolute atomic E-state index is 13.5. The third kappa shape index (κ3) is 6.19. The lowest BCUT2D eigenvalue weighted by Crippen LogP contribution is -2.31. The molecule has 0 saturated carbocycles. The summed E-state index contributed by atoms with van der Waals surface area (Å²) in [5.41, 5.74) is 5.27. The number of hydrogen-bond acceptors (Lipinski definition) is 4. The molecule has 37 heavy (non-hydrogen) atoms. The fourth-order valence-electron chi connectivity index (χ4n) is 4.31. The number of benzene rings is 4. The number of carbonyl (C=O) groups excluding carboxylic acids is 1. The van der Waals surface area contributed by atoms with Gasteiger partial charge in [-0.3, -0.25) is 4.79 Å². The van der Waals surface area contributed by atoms with Gasteiger partial charge in [-0.15, -0.1) is 0 Å². The number of rotatable bonds is 9. The van der Waals surface area contributed by atoms with Crippen molar-refractivity contribution in [2.24, 2.45) is 0 Å². The summed E-state index contributed by atoms with van der Waals surface area (Å²) in [5.74, 6) is 1.14. The van der Waals surface area contributed by atoms with Crippen LogP contribution in [0.3, 0.4) is 0 Å². The number of ether oxygens (including phenoxy) is 1. The van der Waals surface area contributed by atoms with Crippen molar-refractivity contribution in [3.8, 4) is 16.9 Å². The molecule has 0 aliphatic rings. The molecule has 4 aromatic carbocycles. The van der Waals surface area contributed by atoms with Crippen LogP contribution in [0.4, 0.5) is 0 Å². The van der Waals surface area contributed by atoms with E-state index in [9.17, 15) is 4.79 Å². The quantitative estimate of drug-likeness (QED) is 0.199. The van der Waals surface area contributed by atoms with E-state index in [1.54, 1.807) is 7.11 Å². The van der Waals surface area contributed by atoms with Crippen LogP contribution in [-0.2, 0) is 17.9 Å². The highest BCUT2D eigenvalue weighted by Gasteiger charge is 2.17. The molecule has 0 N–H and O–H groups in total. The summed E-state index contributed by atoms with van der Waals surface area (Å²) >= 11 is 1.47. The van der Waals surface area contributed by atoms with E-state index in [1.807, 2.05) is 77.7 Å². The number of aromatic nitrogens is 1. The second kappa shape index (κ2) is 11.8. The van der Waals surface area contributed by atoms with Gasteiger partial charge < -0.3 is 9.64 Å². The largest absolute Gasteiger partial charge is 0.497 e. The van der Waals surface area contributed by atoms with Crippen molar-refractivity contribution in [1.82, 2.24) is 9.88 Å². The van der Waals surface area contributed by atoms with Crippen LogP contribution in [0.1, 0.15) is 11.1 Å². The lowest BCUT2D eigenvalue weighted by Gasteiger charge is -2.23. The average molecular weight is 505 g/mol. The Labute approximate surface area is 221 Å². The van der Waals surface area contributed by atoms with Crippen molar-refractivity contribution in [3.05, 3.63) is 126 Å². The summed E-state index contributed by atoms with van der Waals surface area (Å²) in [5, 5.41) is 1.87. The van der Waals surface area contributed by atoms with Crippen LogP contribution in [-0.4, -0.2) is 28.7 Å². The van der Waals surface area contributed by atoms with Gasteiger partial charge in [-0.25, -0.2) is 4.98 Å². The van der Waals surface area contributed by atoms with Crippen molar-refractivity contribution in [3.63, 3.8) is 0 Å². The van der Waals surface area contributed by atoms with Crippen LogP contribution in [0.5, 0.6) is 5.75 Å². The molecule has 0 aliphatic heterocycles. The highest BCUT2D eigenvalue weighted by Crippen LogP contribution is 2.33. The third-order valence-electron chi connectivity index (χ3n) is 6.21. The number of nitrogens with zero attached hydrogens (tertiary/aromatic N) is 2. The molecule has 0 unspecified atom stereocenters. The van der Waals surface area contributed by atoms with Crippen LogP contribution < -0.4 is 4.74 Å². The normalized spacial score (nSPS) is 10.8. The summed E-state index contributed by atoms with van der Waals surface area (Å²) in [6.07, 6.45) is 0. The Bertz CT molecular complexity index is 1430. The van der Waals surface area contributed by atoms with E-state index >= 15 is 0 Å². The van der Waals surface area contributed by atoms with Crippen molar-refractivity contribution in [2.45, 2.75) is 18.1 Å². The van der Waals surface area contributed by atoms with Crippen molar-refractivity contribution in [1.29, 1.82) is 0 Å². The fraction of sp³-hybridized carbons (Fsp3) is 0.125. The Balaban J connectivity index is 1.41. The Kier molecular flexibility index (Phi) is 7.82. The van der Waals surface area contributed by atoms with Gasteiger partial charge in [0.1, 0.15) is 5.75 Å². The predicted molar refractivity (Wildman–Crippen MR) is 152 cm³/mol. The SMILES string of the molecule is COc1ccc2c(-c3ccccc3)cc(SCC(=O)N(Cc3ccccc3)Cc3ccccc3)nc2c1. The number of fused-ring (bicyclic) bond motifs is 1. The van der Waals surface area contributed by atoms with E-state index in [-0.39, 0.29) is 5.91 Å². The maximum atomic E-state index is 13.5. The molecule has 0 radical (unpaired) electrons. The molecule has 5 rings (SSSR count). The van der Waals surface area contributed by atoms with Gasteiger partial charge in [0.25, 0.3) is 0 Å². The highest BCUT2D eigenvalue weighted by molar-refractivity contribution is 7.99. The molecule has 4 nitrogen and oxygen atoms in total. The molecule has 1 heterocycles. The lowest BCUT2D eigenvalue weighted by atomic mass is 10.0. The number of amides is 1. The fourth-order valence-corrected chi connectivity index (χ4v) is 5.13. The summed E-state index contributed by atoms with van der Waals surface area (Å²) < 4.78 is 5.44.